The van der Waals surface area contributed by atoms with E-state index in [0.717, 1.165) is 12.0 Å². The van der Waals surface area contributed by atoms with E-state index in [4.69, 9.17) is 9.47 Å². The Morgan fingerprint density at radius 1 is 0.571 bits per heavy atom. The van der Waals surface area contributed by atoms with Gasteiger partial charge >= 0.3 is 0 Å². The van der Waals surface area contributed by atoms with Crippen LogP contribution in [0.5, 0.6) is 11.5 Å². The summed E-state index contributed by atoms with van der Waals surface area (Å²) in [6.45, 7) is 0.939. The van der Waals surface area contributed by atoms with Crippen molar-refractivity contribution in [3.8, 4) is 11.5 Å². The Morgan fingerprint density at radius 3 is 1.89 bits per heavy atom. The molecule has 0 saturated carbocycles. The van der Waals surface area contributed by atoms with E-state index in [1.54, 1.807) is 48.5 Å². The Labute approximate surface area is 204 Å². The summed E-state index contributed by atoms with van der Waals surface area (Å²) in [5.41, 5.74) is 7.90. The van der Waals surface area contributed by atoms with Crippen LogP contribution in [0.15, 0.2) is 109 Å². The number of carbonyl (C=O) groups is 2. The van der Waals surface area contributed by atoms with E-state index >= 15 is 0 Å². The van der Waals surface area contributed by atoms with Gasteiger partial charge in [-0.1, -0.05) is 66.7 Å². The molecule has 0 aromatic heterocycles. The highest BCUT2D eigenvalue weighted by atomic mass is 16.5. The minimum atomic E-state index is -0.435. The Kier molecular flexibility index (Phi) is 8.11. The first-order valence-corrected chi connectivity index (χ1v) is 11.3. The normalized spacial score (nSPS) is 10.3. The first-order valence-electron chi connectivity index (χ1n) is 11.3. The fourth-order valence-corrected chi connectivity index (χ4v) is 3.36. The third-order valence-electron chi connectivity index (χ3n) is 5.25. The lowest BCUT2D eigenvalue weighted by Gasteiger charge is -2.10. The average molecular weight is 467 g/mol. The van der Waals surface area contributed by atoms with Crippen LogP contribution >= 0.6 is 0 Å². The van der Waals surface area contributed by atoms with E-state index < -0.39 is 11.8 Å². The molecule has 0 spiro atoms. The van der Waals surface area contributed by atoms with Crippen molar-refractivity contribution < 1.29 is 19.1 Å². The number of benzene rings is 4. The van der Waals surface area contributed by atoms with Crippen molar-refractivity contribution in [3.63, 3.8) is 0 Å². The maximum atomic E-state index is 12.5. The highest BCUT2D eigenvalue weighted by Crippen LogP contribution is 2.15. The Balaban J connectivity index is 1.24. The third kappa shape index (κ3) is 7.20. The smallest absolute Gasteiger partial charge is 0.269 e. The van der Waals surface area contributed by atoms with Gasteiger partial charge in [0.2, 0.25) is 0 Å². The van der Waals surface area contributed by atoms with Crippen LogP contribution < -0.4 is 20.3 Å². The van der Waals surface area contributed by atoms with Gasteiger partial charge in [-0.3, -0.25) is 20.4 Å². The molecule has 0 saturated heterocycles. The van der Waals surface area contributed by atoms with Gasteiger partial charge < -0.3 is 9.47 Å². The summed E-state index contributed by atoms with van der Waals surface area (Å²) in [4.78, 5) is 24.9. The van der Waals surface area contributed by atoms with Gasteiger partial charge in [-0.2, -0.15) is 0 Å². The quantitative estimate of drug-likeness (QED) is 0.342. The zero-order chi connectivity index (χ0) is 24.3. The fraction of sp³-hybridized carbons (Fsp3) is 0.103. The van der Waals surface area contributed by atoms with Crippen LogP contribution in [0.3, 0.4) is 0 Å². The SMILES string of the molecule is O=C(NNC(=O)c1cccc(OCCc2ccccc2)c1)c1ccc(OCc2ccccc2)cc1. The topological polar surface area (TPSA) is 76.7 Å². The van der Waals surface area contributed by atoms with Crippen LogP contribution in [0, 0.1) is 0 Å². The second-order valence-electron chi connectivity index (χ2n) is 7.82. The first-order chi connectivity index (χ1) is 17.2. The fourth-order valence-electron chi connectivity index (χ4n) is 3.36. The van der Waals surface area contributed by atoms with Crippen molar-refractivity contribution in [2.75, 3.05) is 6.61 Å². The van der Waals surface area contributed by atoms with E-state index in [-0.39, 0.29) is 0 Å². The van der Waals surface area contributed by atoms with Crippen molar-refractivity contribution in [2.24, 2.45) is 0 Å². The summed E-state index contributed by atoms with van der Waals surface area (Å²) in [6, 6.07) is 33.4. The molecule has 0 aliphatic rings. The largest absolute Gasteiger partial charge is 0.493 e. The molecule has 176 valence electrons. The zero-order valence-corrected chi connectivity index (χ0v) is 19.1. The maximum Gasteiger partial charge on any atom is 0.269 e. The van der Waals surface area contributed by atoms with Crippen LogP contribution in [-0.4, -0.2) is 18.4 Å². The molecule has 0 heterocycles. The van der Waals surface area contributed by atoms with Crippen molar-refractivity contribution in [3.05, 3.63) is 131 Å². The van der Waals surface area contributed by atoms with E-state index in [1.807, 2.05) is 60.7 Å². The molecule has 4 rings (SSSR count). The highest BCUT2D eigenvalue weighted by molar-refractivity contribution is 5.99. The lowest BCUT2D eigenvalue weighted by molar-refractivity contribution is 0.0846. The Bertz CT molecular complexity index is 1240. The molecule has 4 aromatic carbocycles. The van der Waals surface area contributed by atoms with Crippen molar-refractivity contribution in [1.29, 1.82) is 0 Å². The van der Waals surface area contributed by atoms with E-state index in [0.29, 0.717) is 35.8 Å². The highest BCUT2D eigenvalue weighted by Gasteiger charge is 2.10. The van der Waals surface area contributed by atoms with E-state index in [2.05, 4.69) is 10.9 Å². The van der Waals surface area contributed by atoms with E-state index in [1.165, 1.54) is 5.56 Å². The summed E-state index contributed by atoms with van der Waals surface area (Å²) in [6.07, 6.45) is 0.767. The Hall–Kier alpha value is -4.58. The first kappa shape index (κ1) is 23.6. The van der Waals surface area contributed by atoms with Gasteiger partial charge in [0.15, 0.2) is 0 Å². The molecule has 0 aliphatic carbocycles. The second-order valence-corrected chi connectivity index (χ2v) is 7.82. The molecule has 0 aliphatic heterocycles. The number of amides is 2. The molecule has 0 unspecified atom stereocenters. The number of ether oxygens (including phenoxy) is 2. The molecule has 4 aromatic rings. The predicted molar refractivity (Wildman–Crippen MR) is 134 cm³/mol. The molecule has 2 amide bonds. The van der Waals surface area contributed by atoms with Gasteiger partial charge in [-0.15, -0.1) is 0 Å². The van der Waals surface area contributed by atoms with Crippen molar-refractivity contribution in [2.45, 2.75) is 13.0 Å². The number of hydrogen-bond acceptors (Lipinski definition) is 4. The van der Waals surface area contributed by atoms with Crippen LogP contribution in [-0.2, 0) is 13.0 Å². The lowest BCUT2D eigenvalue weighted by Crippen LogP contribution is -2.41. The summed E-state index contributed by atoms with van der Waals surface area (Å²) < 4.78 is 11.5. The molecule has 2 N–H and O–H groups in total. The maximum absolute atomic E-state index is 12.5. The third-order valence-corrected chi connectivity index (χ3v) is 5.25. The average Bonchev–Trinajstić information content (AvgIpc) is 2.92. The molecule has 35 heavy (non-hydrogen) atoms. The minimum absolute atomic E-state index is 0.382. The molecule has 0 radical (unpaired) electrons. The predicted octanol–water partition coefficient (Wildman–Crippen LogP) is 4.96. The lowest BCUT2D eigenvalue weighted by atomic mass is 10.2. The van der Waals surface area contributed by atoms with Crippen molar-refractivity contribution >= 4 is 11.8 Å². The van der Waals surface area contributed by atoms with Gasteiger partial charge in [0.25, 0.3) is 11.8 Å². The number of hydrogen-bond donors (Lipinski definition) is 2. The van der Waals surface area contributed by atoms with Crippen LogP contribution in [0.25, 0.3) is 0 Å². The molecular formula is C29H26N2O4. The van der Waals surface area contributed by atoms with Gasteiger partial charge in [0.05, 0.1) is 6.61 Å². The molecular weight excluding hydrogens is 440 g/mol. The van der Waals surface area contributed by atoms with Crippen LogP contribution in [0.2, 0.25) is 0 Å². The molecule has 6 heteroatoms. The molecule has 0 bridgehead atoms. The minimum Gasteiger partial charge on any atom is -0.493 e. The summed E-state index contributed by atoms with van der Waals surface area (Å²) >= 11 is 0. The number of hydrazine groups is 1. The van der Waals surface area contributed by atoms with Crippen molar-refractivity contribution in [1.82, 2.24) is 10.9 Å². The van der Waals surface area contributed by atoms with Crippen LogP contribution in [0.4, 0.5) is 0 Å². The zero-order valence-electron chi connectivity index (χ0n) is 19.1. The standard InChI is InChI=1S/C29H26N2O4/c32-28(24-14-16-26(17-15-24)35-21-23-10-5-2-6-11-23)30-31-29(33)25-12-7-13-27(20-25)34-19-18-22-8-3-1-4-9-22/h1-17,20H,18-19,21H2,(H,30,32)(H,31,33). The summed E-state index contributed by atoms with van der Waals surface area (Å²) in [7, 11) is 0. The van der Waals surface area contributed by atoms with Gasteiger partial charge in [0, 0.05) is 17.5 Å². The second kappa shape index (κ2) is 12.0. The van der Waals surface area contributed by atoms with Gasteiger partial charge in [0.1, 0.15) is 18.1 Å². The number of nitrogens with one attached hydrogen (secondary N) is 2. The van der Waals surface area contributed by atoms with E-state index in [9.17, 15) is 9.59 Å². The van der Waals surface area contributed by atoms with Gasteiger partial charge in [-0.05, 0) is 53.6 Å². The monoisotopic (exact) mass is 466 g/mol. The summed E-state index contributed by atoms with van der Waals surface area (Å²) in [5, 5.41) is 0. The number of rotatable bonds is 9. The molecule has 6 nitrogen and oxygen atoms in total. The van der Waals surface area contributed by atoms with Gasteiger partial charge in [-0.25, -0.2) is 0 Å². The Morgan fingerprint density at radius 2 is 1.20 bits per heavy atom. The molecule has 0 atom stereocenters. The van der Waals surface area contributed by atoms with Crippen LogP contribution in [0.1, 0.15) is 31.8 Å². The molecule has 0 fully saturated rings. The number of carbonyl (C=O) groups excluding carboxylic acids is 2. The summed E-state index contributed by atoms with van der Waals surface area (Å²) in [5.74, 6) is 0.377.